The summed E-state index contributed by atoms with van der Waals surface area (Å²) in [5.74, 6) is -0.391. The van der Waals surface area contributed by atoms with Crippen molar-refractivity contribution in [3.8, 4) is 0 Å². The molecule has 0 fully saturated rings. The van der Waals surface area contributed by atoms with Crippen molar-refractivity contribution in [2.45, 2.75) is 20.4 Å². The Hall–Kier alpha value is -3.14. The number of aryl methyl sites for hydroxylation is 2. The molecule has 126 valence electrons. The standard InChI is InChI=1S/C21H20N2O2/c1-15-7-5-9-17(13-15)14-23-12-6-10-18(21(23)25)20(24)22-19-11-4-3-8-16(19)2/h3-13H,14H2,1-2H3,(H,22,24). The first-order chi connectivity index (χ1) is 12.0. The normalized spacial score (nSPS) is 10.5. The van der Waals surface area contributed by atoms with Gasteiger partial charge in [-0.15, -0.1) is 0 Å². The fourth-order valence-corrected chi connectivity index (χ4v) is 2.74. The summed E-state index contributed by atoms with van der Waals surface area (Å²) in [5.41, 5.74) is 3.67. The fourth-order valence-electron chi connectivity index (χ4n) is 2.74. The van der Waals surface area contributed by atoms with Gasteiger partial charge in [-0.2, -0.15) is 0 Å². The largest absolute Gasteiger partial charge is 0.322 e. The Morgan fingerprint density at radius 2 is 1.80 bits per heavy atom. The van der Waals surface area contributed by atoms with Crippen LogP contribution in [0.4, 0.5) is 5.69 Å². The molecule has 1 aromatic heterocycles. The van der Waals surface area contributed by atoms with E-state index in [-0.39, 0.29) is 11.1 Å². The lowest BCUT2D eigenvalue weighted by atomic mass is 10.1. The summed E-state index contributed by atoms with van der Waals surface area (Å²) in [6, 6.07) is 18.8. The Kier molecular flexibility index (Phi) is 4.80. The molecule has 0 aliphatic rings. The first-order valence-corrected chi connectivity index (χ1v) is 8.16. The molecule has 0 aliphatic carbocycles. The highest BCUT2D eigenvalue weighted by atomic mass is 16.2. The number of pyridine rings is 1. The molecule has 3 rings (SSSR count). The van der Waals surface area contributed by atoms with Crippen molar-refractivity contribution in [2.75, 3.05) is 5.32 Å². The van der Waals surface area contributed by atoms with E-state index in [2.05, 4.69) is 5.32 Å². The molecule has 0 aliphatic heterocycles. The number of hydrogen-bond donors (Lipinski definition) is 1. The van der Waals surface area contributed by atoms with Gasteiger partial charge in [0.2, 0.25) is 0 Å². The number of rotatable bonds is 4. The molecule has 1 amide bonds. The molecule has 4 nitrogen and oxygen atoms in total. The van der Waals surface area contributed by atoms with Crippen molar-refractivity contribution >= 4 is 11.6 Å². The third-order valence-corrected chi connectivity index (χ3v) is 4.09. The van der Waals surface area contributed by atoms with Gasteiger partial charge in [-0.25, -0.2) is 0 Å². The molecule has 3 aromatic rings. The molecule has 0 saturated heterocycles. The zero-order chi connectivity index (χ0) is 17.8. The van der Waals surface area contributed by atoms with E-state index in [9.17, 15) is 9.59 Å². The molecule has 0 unspecified atom stereocenters. The monoisotopic (exact) mass is 332 g/mol. The van der Waals surface area contributed by atoms with Gasteiger partial charge >= 0.3 is 0 Å². The van der Waals surface area contributed by atoms with Gasteiger partial charge in [0.15, 0.2) is 0 Å². The van der Waals surface area contributed by atoms with Crippen LogP contribution in [0.5, 0.6) is 0 Å². The number of amides is 1. The van der Waals surface area contributed by atoms with Crippen LogP contribution < -0.4 is 10.9 Å². The molecule has 0 saturated carbocycles. The van der Waals surface area contributed by atoms with Crippen LogP contribution in [-0.2, 0) is 6.54 Å². The quantitative estimate of drug-likeness (QED) is 0.791. The Morgan fingerprint density at radius 3 is 2.56 bits per heavy atom. The average Bonchev–Trinajstić information content (AvgIpc) is 2.59. The van der Waals surface area contributed by atoms with Gasteiger partial charge < -0.3 is 9.88 Å². The maximum absolute atomic E-state index is 12.7. The van der Waals surface area contributed by atoms with Crippen LogP contribution >= 0.6 is 0 Å². The number of benzene rings is 2. The zero-order valence-corrected chi connectivity index (χ0v) is 14.3. The van der Waals surface area contributed by atoms with Gasteiger partial charge in [-0.05, 0) is 43.2 Å². The number of nitrogens with one attached hydrogen (secondary N) is 1. The summed E-state index contributed by atoms with van der Waals surface area (Å²) < 4.78 is 1.56. The van der Waals surface area contributed by atoms with Crippen molar-refractivity contribution in [1.29, 1.82) is 0 Å². The van der Waals surface area contributed by atoms with Gasteiger partial charge in [0.05, 0.1) is 6.54 Å². The Morgan fingerprint density at radius 1 is 1.00 bits per heavy atom. The van der Waals surface area contributed by atoms with E-state index in [4.69, 9.17) is 0 Å². The Bertz CT molecular complexity index is 973. The minimum atomic E-state index is -0.391. The number of anilines is 1. The number of carbonyl (C=O) groups excluding carboxylic acids is 1. The summed E-state index contributed by atoms with van der Waals surface area (Å²) in [7, 11) is 0. The van der Waals surface area contributed by atoms with Gasteiger partial charge in [0, 0.05) is 11.9 Å². The predicted molar refractivity (Wildman–Crippen MR) is 100 cm³/mol. The van der Waals surface area contributed by atoms with Gasteiger partial charge in [-0.1, -0.05) is 48.0 Å². The first kappa shape index (κ1) is 16.7. The first-order valence-electron chi connectivity index (χ1n) is 8.16. The summed E-state index contributed by atoms with van der Waals surface area (Å²) >= 11 is 0. The van der Waals surface area contributed by atoms with Gasteiger partial charge in [-0.3, -0.25) is 9.59 Å². The van der Waals surface area contributed by atoms with Crippen molar-refractivity contribution < 1.29 is 4.79 Å². The molecule has 2 aromatic carbocycles. The molecular formula is C21H20N2O2. The number of aromatic nitrogens is 1. The summed E-state index contributed by atoms with van der Waals surface area (Å²) in [6.45, 7) is 4.36. The minimum absolute atomic E-state index is 0.137. The van der Waals surface area contributed by atoms with Gasteiger partial charge in [0.25, 0.3) is 11.5 Å². The van der Waals surface area contributed by atoms with E-state index in [1.54, 1.807) is 22.9 Å². The maximum atomic E-state index is 12.7. The molecule has 4 heteroatoms. The third kappa shape index (κ3) is 3.86. The second-order valence-electron chi connectivity index (χ2n) is 6.11. The molecule has 0 radical (unpaired) electrons. The molecule has 25 heavy (non-hydrogen) atoms. The van der Waals surface area contributed by atoms with Crippen LogP contribution in [0.25, 0.3) is 0 Å². The van der Waals surface area contributed by atoms with E-state index in [0.29, 0.717) is 12.2 Å². The van der Waals surface area contributed by atoms with E-state index in [0.717, 1.165) is 16.7 Å². The predicted octanol–water partition coefficient (Wildman–Crippen LogP) is 3.77. The lowest BCUT2D eigenvalue weighted by Crippen LogP contribution is -2.29. The molecule has 0 spiro atoms. The van der Waals surface area contributed by atoms with Crippen molar-refractivity contribution in [3.63, 3.8) is 0 Å². The number of para-hydroxylation sites is 1. The van der Waals surface area contributed by atoms with Crippen molar-refractivity contribution in [2.24, 2.45) is 0 Å². The topological polar surface area (TPSA) is 51.1 Å². The number of hydrogen-bond acceptors (Lipinski definition) is 2. The summed E-state index contributed by atoms with van der Waals surface area (Å²) in [5, 5.41) is 2.82. The zero-order valence-electron chi connectivity index (χ0n) is 14.3. The van der Waals surface area contributed by atoms with Crippen LogP contribution in [0.3, 0.4) is 0 Å². The van der Waals surface area contributed by atoms with E-state index in [1.165, 1.54) is 0 Å². The maximum Gasteiger partial charge on any atom is 0.263 e. The highest BCUT2D eigenvalue weighted by Crippen LogP contribution is 2.14. The smallest absolute Gasteiger partial charge is 0.263 e. The minimum Gasteiger partial charge on any atom is -0.322 e. The average molecular weight is 332 g/mol. The molecule has 0 bridgehead atoms. The Balaban J connectivity index is 1.87. The lowest BCUT2D eigenvalue weighted by Gasteiger charge is -2.10. The SMILES string of the molecule is Cc1cccc(Cn2cccc(C(=O)Nc3ccccc3C)c2=O)c1. The highest BCUT2D eigenvalue weighted by molar-refractivity contribution is 6.04. The molecular weight excluding hydrogens is 312 g/mol. The van der Waals surface area contributed by atoms with Crippen LogP contribution in [0.15, 0.2) is 71.7 Å². The second kappa shape index (κ2) is 7.18. The summed E-state index contributed by atoms with van der Waals surface area (Å²) in [6.07, 6.45) is 1.70. The Labute approximate surface area is 146 Å². The number of nitrogens with zero attached hydrogens (tertiary/aromatic N) is 1. The van der Waals surface area contributed by atoms with Crippen LogP contribution in [-0.4, -0.2) is 10.5 Å². The van der Waals surface area contributed by atoms with Gasteiger partial charge in [0.1, 0.15) is 5.56 Å². The fraction of sp³-hybridized carbons (Fsp3) is 0.143. The third-order valence-electron chi connectivity index (χ3n) is 4.09. The number of carbonyl (C=O) groups is 1. The molecule has 1 heterocycles. The van der Waals surface area contributed by atoms with E-state index >= 15 is 0 Å². The lowest BCUT2D eigenvalue weighted by molar-refractivity contribution is 0.102. The van der Waals surface area contributed by atoms with Crippen LogP contribution in [0.1, 0.15) is 27.0 Å². The van der Waals surface area contributed by atoms with Crippen molar-refractivity contribution in [3.05, 3.63) is 99.5 Å². The molecule has 1 N–H and O–H groups in total. The van der Waals surface area contributed by atoms with E-state index in [1.807, 2.05) is 62.4 Å². The van der Waals surface area contributed by atoms with Crippen LogP contribution in [0, 0.1) is 13.8 Å². The molecule has 0 atom stereocenters. The van der Waals surface area contributed by atoms with E-state index < -0.39 is 5.91 Å². The highest BCUT2D eigenvalue weighted by Gasteiger charge is 2.13. The second-order valence-corrected chi connectivity index (χ2v) is 6.11. The van der Waals surface area contributed by atoms with Crippen molar-refractivity contribution in [1.82, 2.24) is 4.57 Å². The van der Waals surface area contributed by atoms with Crippen LogP contribution in [0.2, 0.25) is 0 Å². The summed E-state index contributed by atoms with van der Waals surface area (Å²) in [4.78, 5) is 25.2.